The number of hydrogen-bond donors (Lipinski definition) is 0. The minimum Gasteiger partial charge on any atom is -0.318 e. The predicted octanol–water partition coefficient (Wildman–Crippen LogP) is 3.29. The monoisotopic (exact) mass is 331 g/mol. The average Bonchev–Trinajstić information content (AvgIpc) is 2.56. The van der Waals surface area contributed by atoms with E-state index >= 15 is 0 Å². The van der Waals surface area contributed by atoms with Crippen LogP contribution in [0.25, 0.3) is 0 Å². The van der Waals surface area contributed by atoms with Crippen LogP contribution in [-0.2, 0) is 14.4 Å². The topological polar surface area (TPSA) is 72.8 Å². The third-order valence-corrected chi connectivity index (χ3v) is 3.31. The average molecular weight is 332 g/mol. The first-order valence-electron chi connectivity index (χ1n) is 6.96. The number of oxime groups is 1. The number of nitrogens with zero attached hydrogens (tertiary/aromatic N) is 1. The van der Waals surface area contributed by atoms with E-state index in [1.165, 1.54) is 24.3 Å². The number of halogens is 1. The van der Waals surface area contributed by atoms with Crippen molar-refractivity contribution in [2.24, 2.45) is 5.16 Å². The number of carbonyl (C=O) groups is 3. The number of benzene rings is 1. The molecule has 0 aliphatic heterocycles. The van der Waals surface area contributed by atoms with E-state index in [-0.39, 0.29) is 5.56 Å². The molecule has 0 unspecified atom stereocenters. The Morgan fingerprint density at radius 2 is 1.78 bits per heavy atom. The van der Waals surface area contributed by atoms with Crippen LogP contribution in [0.3, 0.4) is 0 Å². The number of hydrogen-bond acceptors (Lipinski definition) is 5. The number of carbonyl (C=O) groups excluding carboxylic acids is 3. The molecule has 118 valence electrons. The van der Waals surface area contributed by atoms with Gasteiger partial charge in [-0.15, -0.1) is 0 Å². The Morgan fingerprint density at radius 1 is 1.09 bits per heavy atom. The molecule has 2 rings (SSSR count). The number of rotatable bonds is 5. The SMILES string of the molecule is CC(=O)ON=C(C(=O)C1=CCCC=C1)C(=O)c1ccc(Cl)cc1. The molecule has 0 atom stereocenters. The molecule has 0 amide bonds. The minimum atomic E-state index is -0.715. The van der Waals surface area contributed by atoms with E-state index in [4.69, 9.17) is 11.6 Å². The molecule has 0 bridgehead atoms. The lowest BCUT2D eigenvalue weighted by Gasteiger charge is -2.08. The second-order valence-corrected chi connectivity index (χ2v) is 5.26. The molecule has 1 aliphatic carbocycles. The van der Waals surface area contributed by atoms with E-state index in [2.05, 4.69) is 9.99 Å². The van der Waals surface area contributed by atoms with Crippen molar-refractivity contribution in [1.82, 2.24) is 0 Å². The van der Waals surface area contributed by atoms with Gasteiger partial charge < -0.3 is 4.84 Å². The van der Waals surface area contributed by atoms with Crippen molar-refractivity contribution >= 4 is 34.8 Å². The van der Waals surface area contributed by atoms with Crippen LogP contribution in [0.1, 0.15) is 30.1 Å². The van der Waals surface area contributed by atoms with Crippen LogP contribution >= 0.6 is 11.6 Å². The van der Waals surface area contributed by atoms with E-state index in [0.717, 1.165) is 13.3 Å². The summed E-state index contributed by atoms with van der Waals surface area (Å²) in [6.07, 6.45) is 6.72. The summed E-state index contributed by atoms with van der Waals surface area (Å²) in [6.45, 7) is 1.14. The Hall–Kier alpha value is -2.53. The molecule has 0 heterocycles. The van der Waals surface area contributed by atoms with Crippen LogP contribution in [0.15, 0.2) is 53.2 Å². The summed E-state index contributed by atoms with van der Waals surface area (Å²) in [6, 6.07) is 6.02. The molecular formula is C17H14ClNO4. The third kappa shape index (κ3) is 4.47. The largest absolute Gasteiger partial charge is 0.332 e. The maximum absolute atomic E-state index is 12.5. The van der Waals surface area contributed by atoms with Crippen molar-refractivity contribution in [3.63, 3.8) is 0 Å². The summed E-state index contributed by atoms with van der Waals surface area (Å²) in [5.41, 5.74) is 0.138. The van der Waals surface area contributed by atoms with Crippen molar-refractivity contribution in [2.75, 3.05) is 0 Å². The van der Waals surface area contributed by atoms with Gasteiger partial charge in [0.05, 0.1) is 0 Å². The maximum Gasteiger partial charge on any atom is 0.332 e. The summed E-state index contributed by atoms with van der Waals surface area (Å²) in [4.78, 5) is 40.5. The summed E-state index contributed by atoms with van der Waals surface area (Å²) in [5, 5.41) is 3.92. The second kappa shape index (κ2) is 7.65. The summed E-state index contributed by atoms with van der Waals surface area (Å²) in [7, 11) is 0. The third-order valence-electron chi connectivity index (χ3n) is 3.06. The van der Waals surface area contributed by atoms with E-state index in [1.54, 1.807) is 12.2 Å². The highest BCUT2D eigenvalue weighted by Gasteiger charge is 2.25. The highest BCUT2D eigenvalue weighted by atomic mass is 35.5. The Balaban J connectivity index is 2.35. The van der Waals surface area contributed by atoms with Gasteiger partial charge in [-0.25, -0.2) is 4.79 Å². The first kappa shape index (κ1) is 16.8. The molecule has 0 saturated carbocycles. The maximum atomic E-state index is 12.5. The van der Waals surface area contributed by atoms with Gasteiger partial charge in [-0.3, -0.25) is 9.59 Å². The summed E-state index contributed by atoms with van der Waals surface area (Å²) in [5.74, 6) is -1.93. The van der Waals surface area contributed by atoms with Crippen LogP contribution < -0.4 is 0 Å². The van der Waals surface area contributed by atoms with Gasteiger partial charge in [-0.2, -0.15) is 0 Å². The van der Waals surface area contributed by atoms with Crippen LogP contribution in [0.2, 0.25) is 5.02 Å². The van der Waals surface area contributed by atoms with E-state index < -0.39 is 23.2 Å². The van der Waals surface area contributed by atoms with Crippen molar-refractivity contribution in [1.29, 1.82) is 0 Å². The first-order valence-corrected chi connectivity index (χ1v) is 7.34. The molecule has 0 fully saturated rings. The molecule has 5 nitrogen and oxygen atoms in total. The number of Topliss-reactive ketones (excluding diaryl/α,β-unsaturated/α-hetero) is 2. The fourth-order valence-corrected chi connectivity index (χ4v) is 2.08. The molecule has 0 radical (unpaired) electrons. The molecule has 1 aliphatic rings. The highest BCUT2D eigenvalue weighted by molar-refractivity contribution is 6.72. The van der Waals surface area contributed by atoms with Gasteiger partial charge >= 0.3 is 5.97 Å². The Bertz CT molecular complexity index is 729. The lowest BCUT2D eigenvalue weighted by Crippen LogP contribution is -2.26. The molecule has 0 N–H and O–H groups in total. The van der Waals surface area contributed by atoms with Crippen molar-refractivity contribution < 1.29 is 19.2 Å². The van der Waals surface area contributed by atoms with Gasteiger partial charge in [0.1, 0.15) is 0 Å². The lowest BCUT2D eigenvalue weighted by atomic mass is 9.96. The second-order valence-electron chi connectivity index (χ2n) is 4.83. The fraction of sp³-hybridized carbons (Fsp3) is 0.176. The smallest absolute Gasteiger partial charge is 0.318 e. The minimum absolute atomic E-state index is 0.231. The lowest BCUT2D eigenvalue weighted by molar-refractivity contribution is -0.140. The van der Waals surface area contributed by atoms with Gasteiger partial charge in [0.15, 0.2) is 5.71 Å². The van der Waals surface area contributed by atoms with E-state index in [1.807, 2.05) is 6.08 Å². The molecule has 0 aromatic heterocycles. The normalized spacial score (nSPS) is 14.2. The molecule has 0 saturated heterocycles. The first-order chi connectivity index (χ1) is 11.0. The molecule has 23 heavy (non-hydrogen) atoms. The number of ketones is 2. The van der Waals surface area contributed by atoms with Gasteiger partial charge in [0.25, 0.3) is 0 Å². The highest BCUT2D eigenvalue weighted by Crippen LogP contribution is 2.15. The Labute approximate surface area is 138 Å². The number of allylic oxidation sites excluding steroid dienone is 4. The van der Waals surface area contributed by atoms with Gasteiger partial charge in [0, 0.05) is 23.1 Å². The molecule has 1 aromatic rings. The van der Waals surface area contributed by atoms with E-state index in [9.17, 15) is 14.4 Å². The van der Waals surface area contributed by atoms with Gasteiger partial charge in [-0.1, -0.05) is 35.0 Å². The zero-order chi connectivity index (χ0) is 16.8. The van der Waals surface area contributed by atoms with Crippen LogP contribution in [0.4, 0.5) is 0 Å². The van der Waals surface area contributed by atoms with E-state index in [0.29, 0.717) is 17.0 Å². The Morgan fingerprint density at radius 3 is 2.35 bits per heavy atom. The zero-order valence-electron chi connectivity index (χ0n) is 12.4. The summed E-state index contributed by atoms with van der Waals surface area (Å²) < 4.78 is 0. The zero-order valence-corrected chi connectivity index (χ0v) is 13.2. The molecule has 0 spiro atoms. The van der Waals surface area contributed by atoms with Crippen LogP contribution in [-0.4, -0.2) is 23.2 Å². The van der Waals surface area contributed by atoms with Crippen molar-refractivity contribution in [3.8, 4) is 0 Å². The van der Waals surface area contributed by atoms with Crippen LogP contribution in [0.5, 0.6) is 0 Å². The summed E-state index contributed by atoms with van der Waals surface area (Å²) >= 11 is 5.79. The van der Waals surface area contributed by atoms with Crippen molar-refractivity contribution in [2.45, 2.75) is 19.8 Å². The standard InChI is InChI=1S/C17H14ClNO4/c1-11(20)23-19-15(16(21)12-5-3-2-4-6-12)17(22)13-7-9-14(18)10-8-13/h3,5-10H,2,4H2,1H3. The van der Waals surface area contributed by atoms with Gasteiger partial charge in [0.2, 0.25) is 11.6 Å². The Kier molecular flexibility index (Phi) is 5.60. The quantitative estimate of drug-likeness (QED) is 0.273. The molecular weight excluding hydrogens is 318 g/mol. The fourth-order valence-electron chi connectivity index (χ4n) is 1.95. The predicted molar refractivity (Wildman–Crippen MR) is 86.4 cm³/mol. The van der Waals surface area contributed by atoms with Crippen LogP contribution in [0, 0.1) is 0 Å². The van der Waals surface area contributed by atoms with Crippen molar-refractivity contribution in [3.05, 3.63) is 58.7 Å². The molecule has 6 heteroatoms. The molecule has 1 aromatic carbocycles. The van der Waals surface area contributed by atoms with Gasteiger partial charge in [-0.05, 0) is 37.1 Å².